The molecule has 22 heavy (non-hydrogen) atoms. The van der Waals surface area contributed by atoms with Crippen molar-refractivity contribution in [3.63, 3.8) is 0 Å². The van der Waals surface area contributed by atoms with Gasteiger partial charge in [0.25, 0.3) is 0 Å². The van der Waals surface area contributed by atoms with Crippen LogP contribution >= 0.6 is 33.9 Å². The van der Waals surface area contributed by atoms with Crippen molar-refractivity contribution in [2.24, 2.45) is 0 Å². The molecule has 1 saturated heterocycles. The fourth-order valence-corrected chi connectivity index (χ4v) is 4.13. The first-order chi connectivity index (χ1) is 10.5. The van der Waals surface area contributed by atoms with Crippen LogP contribution in [0.1, 0.15) is 13.8 Å². The summed E-state index contributed by atoms with van der Waals surface area (Å²) in [6, 6.07) is 6.18. The van der Waals surface area contributed by atoms with E-state index in [1.807, 2.05) is 12.3 Å². The van der Waals surface area contributed by atoms with Crippen molar-refractivity contribution in [2.75, 3.05) is 31.6 Å². The van der Waals surface area contributed by atoms with Gasteiger partial charge >= 0.3 is 0 Å². The average Bonchev–Trinajstić information content (AvgIpc) is 3.06. The molecule has 0 spiro atoms. The Bertz CT molecular complexity index is 642. The van der Waals surface area contributed by atoms with Gasteiger partial charge in [0.05, 0.1) is 13.5 Å². The molecule has 0 unspecified atom stereocenters. The number of thiophene rings is 1. The van der Waals surface area contributed by atoms with E-state index < -0.39 is 0 Å². The van der Waals surface area contributed by atoms with Crippen LogP contribution in [-0.2, 0) is 0 Å². The number of nitrogens with zero attached hydrogens (tertiary/aromatic N) is 3. The lowest BCUT2D eigenvalue weighted by molar-refractivity contribution is 0.190. The molecule has 0 amide bonds. The summed E-state index contributed by atoms with van der Waals surface area (Å²) in [6.45, 7) is 8.34. The SMILES string of the molecule is CC1(C)CNCN1CCNc1nccc(-c2ccc(I)s2)n1. The van der Waals surface area contributed by atoms with Crippen LogP contribution in [0.15, 0.2) is 24.4 Å². The maximum absolute atomic E-state index is 4.61. The van der Waals surface area contributed by atoms with Gasteiger partial charge in [0.1, 0.15) is 0 Å². The Morgan fingerprint density at radius 3 is 2.95 bits per heavy atom. The maximum Gasteiger partial charge on any atom is 0.223 e. The fourth-order valence-electron chi connectivity index (χ4n) is 2.54. The summed E-state index contributed by atoms with van der Waals surface area (Å²) < 4.78 is 1.27. The number of rotatable bonds is 5. The molecular weight excluding hydrogens is 409 g/mol. The highest BCUT2D eigenvalue weighted by molar-refractivity contribution is 14.1. The lowest BCUT2D eigenvalue weighted by Gasteiger charge is -2.30. The van der Waals surface area contributed by atoms with Gasteiger partial charge in [-0.1, -0.05) is 0 Å². The molecule has 3 heterocycles. The molecule has 1 fully saturated rings. The molecule has 3 rings (SSSR count). The normalized spacial score (nSPS) is 17.8. The van der Waals surface area contributed by atoms with Gasteiger partial charge in [0.2, 0.25) is 5.95 Å². The Kier molecular flexibility index (Phi) is 4.96. The number of halogens is 1. The van der Waals surface area contributed by atoms with Crippen molar-refractivity contribution in [3.8, 4) is 10.6 Å². The van der Waals surface area contributed by atoms with Crippen molar-refractivity contribution < 1.29 is 0 Å². The van der Waals surface area contributed by atoms with Crippen LogP contribution in [0.25, 0.3) is 10.6 Å². The highest BCUT2D eigenvalue weighted by Gasteiger charge is 2.30. The Hall–Kier alpha value is -0.770. The zero-order valence-corrected chi connectivity index (χ0v) is 15.7. The van der Waals surface area contributed by atoms with Crippen LogP contribution in [0.5, 0.6) is 0 Å². The zero-order chi connectivity index (χ0) is 15.6. The summed E-state index contributed by atoms with van der Waals surface area (Å²) in [4.78, 5) is 12.5. The maximum atomic E-state index is 4.61. The first-order valence-electron chi connectivity index (χ1n) is 7.33. The summed E-state index contributed by atoms with van der Waals surface area (Å²) in [7, 11) is 0. The molecule has 0 aliphatic carbocycles. The van der Waals surface area contributed by atoms with Crippen LogP contribution < -0.4 is 10.6 Å². The standard InChI is InChI=1S/C15H20IN5S/c1-15(2)9-17-10-21(15)8-7-19-14-18-6-5-11(20-14)12-3-4-13(16)22-12/h3-6,17H,7-10H2,1-2H3,(H,18,19,20). The number of anilines is 1. The van der Waals surface area contributed by atoms with Gasteiger partial charge in [-0.05, 0) is 54.6 Å². The minimum Gasteiger partial charge on any atom is -0.353 e. The largest absolute Gasteiger partial charge is 0.353 e. The van der Waals surface area contributed by atoms with E-state index in [4.69, 9.17) is 0 Å². The molecule has 1 aliphatic rings. The molecule has 0 atom stereocenters. The molecule has 118 valence electrons. The molecule has 0 radical (unpaired) electrons. The van der Waals surface area contributed by atoms with Crippen LogP contribution in [0, 0.1) is 2.88 Å². The third-order valence-electron chi connectivity index (χ3n) is 3.86. The first kappa shape index (κ1) is 16.1. The summed E-state index contributed by atoms with van der Waals surface area (Å²) in [5, 5.41) is 6.75. The van der Waals surface area contributed by atoms with E-state index in [0.29, 0.717) is 5.95 Å². The lowest BCUT2D eigenvalue weighted by Crippen LogP contribution is -2.42. The number of hydrogen-bond acceptors (Lipinski definition) is 6. The Morgan fingerprint density at radius 2 is 2.27 bits per heavy atom. The fraction of sp³-hybridized carbons (Fsp3) is 0.467. The molecule has 0 aromatic carbocycles. The molecular formula is C15H20IN5S. The Balaban J connectivity index is 1.59. The second-order valence-electron chi connectivity index (χ2n) is 5.96. The van der Waals surface area contributed by atoms with Gasteiger partial charge in [0.15, 0.2) is 0 Å². The van der Waals surface area contributed by atoms with Gasteiger partial charge in [-0.2, -0.15) is 0 Å². The minimum absolute atomic E-state index is 0.220. The van der Waals surface area contributed by atoms with Crippen LogP contribution in [0.4, 0.5) is 5.95 Å². The lowest BCUT2D eigenvalue weighted by atomic mass is 10.1. The molecule has 2 N–H and O–H groups in total. The van der Waals surface area contributed by atoms with Gasteiger partial charge < -0.3 is 10.6 Å². The molecule has 0 saturated carbocycles. The smallest absolute Gasteiger partial charge is 0.223 e. The summed E-state index contributed by atoms with van der Waals surface area (Å²) in [6.07, 6.45) is 1.82. The van der Waals surface area contributed by atoms with Crippen molar-refractivity contribution in [1.29, 1.82) is 0 Å². The average molecular weight is 429 g/mol. The summed E-state index contributed by atoms with van der Waals surface area (Å²) in [5.41, 5.74) is 1.20. The van der Waals surface area contributed by atoms with Crippen molar-refractivity contribution >= 4 is 39.9 Å². The van der Waals surface area contributed by atoms with Crippen LogP contribution in [-0.4, -0.2) is 46.7 Å². The summed E-state index contributed by atoms with van der Waals surface area (Å²) >= 11 is 4.08. The van der Waals surface area contributed by atoms with E-state index in [1.54, 1.807) is 11.3 Å². The molecule has 5 nitrogen and oxygen atoms in total. The van der Waals surface area contributed by atoms with Crippen molar-refractivity contribution in [1.82, 2.24) is 20.2 Å². The van der Waals surface area contributed by atoms with E-state index >= 15 is 0 Å². The third-order valence-corrected chi connectivity index (χ3v) is 5.78. The second kappa shape index (κ2) is 6.77. The van der Waals surface area contributed by atoms with E-state index in [-0.39, 0.29) is 5.54 Å². The predicted molar refractivity (Wildman–Crippen MR) is 100 cm³/mol. The van der Waals surface area contributed by atoms with Crippen LogP contribution in [0.2, 0.25) is 0 Å². The van der Waals surface area contributed by atoms with Gasteiger partial charge in [-0.15, -0.1) is 11.3 Å². The van der Waals surface area contributed by atoms with Crippen molar-refractivity contribution in [2.45, 2.75) is 19.4 Å². The molecule has 2 aromatic rings. The van der Waals surface area contributed by atoms with Gasteiger partial charge in [0, 0.05) is 38.0 Å². The number of aromatic nitrogens is 2. The topological polar surface area (TPSA) is 53.1 Å². The molecule has 1 aliphatic heterocycles. The highest BCUT2D eigenvalue weighted by Crippen LogP contribution is 2.27. The monoisotopic (exact) mass is 429 g/mol. The minimum atomic E-state index is 0.220. The quantitative estimate of drug-likeness (QED) is 0.717. The number of nitrogens with one attached hydrogen (secondary N) is 2. The van der Waals surface area contributed by atoms with Gasteiger partial charge in [-0.3, -0.25) is 4.90 Å². The van der Waals surface area contributed by atoms with E-state index in [2.05, 4.69) is 74.1 Å². The molecule has 0 bridgehead atoms. The van der Waals surface area contributed by atoms with Crippen LogP contribution in [0.3, 0.4) is 0 Å². The van der Waals surface area contributed by atoms with E-state index in [0.717, 1.165) is 32.0 Å². The summed E-state index contributed by atoms with van der Waals surface area (Å²) in [5.74, 6) is 0.700. The molecule has 2 aromatic heterocycles. The second-order valence-corrected chi connectivity index (χ2v) is 8.93. The Morgan fingerprint density at radius 1 is 1.41 bits per heavy atom. The van der Waals surface area contributed by atoms with E-state index in [1.165, 1.54) is 7.76 Å². The van der Waals surface area contributed by atoms with Crippen molar-refractivity contribution in [3.05, 3.63) is 27.3 Å². The van der Waals surface area contributed by atoms with Gasteiger partial charge in [-0.25, -0.2) is 9.97 Å². The predicted octanol–water partition coefficient (Wildman–Crippen LogP) is 2.86. The first-order valence-corrected chi connectivity index (χ1v) is 9.22. The zero-order valence-electron chi connectivity index (χ0n) is 12.8. The Labute approximate surface area is 148 Å². The van der Waals surface area contributed by atoms with E-state index in [9.17, 15) is 0 Å². The number of hydrogen-bond donors (Lipinski definition) is 2. The highest BCUT2D eigenvalue weighted by atomic mass is 127. The third kappa shape index (κ3) is 3.76. The molecule has 7 heteroatoms.